The first kappa shape index (κ1) is 14.5. The van der Waals surface area contributed by atoms with Crippen LogP contribution in [0.3, 0.4) is 0 Å². The molecule has 0 spiro atoms. The first-order valence-corrected chi connectivity index (χ1v) is 8.42. The van der Waals surface area contributed by atoms with E-state index in [1.807, 2.05) is 0 Å². The first-order chi connectivity index (χ1) is 8.58. The standard InChI is InChI=1S/C11H21ClN2O3S/c12-11-3-1-10(2-4-11)9-13-18(15,16)14-5-7-17-8-6-14/h10-11,13H,1-9H2. The summed E-state index contributed by atoms with van der Waals surface area (Å²) in [6.45, 7) is 2.40. The fourth-order valence-corrected chi connectivity index (χ4v) is 3.94. The Balaban J connectivity index is 1.77. The van der Waals surface area contributed by atoms with Crippen molar-refractivity contribution in [2.45, 2.75) is 31.1 Å². The molecule has 0 aromatic heterocycles. The monoisotopic (exact) mass is 296 g/mol. The molecule has 1 saturated heterocycles. The molecule has 7 heteroatoms. The maximum absolute atomic E-state index is 12.0. The molecule has 18 heavy (non-hydrogen) atoms. The summed E-state index contributed by atoms with van der Waals surface area (Å²) in [5, 5.41) is 0.275. The molecule has 0 radical (unpaired) electrons. The molecule has 0 unspecified atom stereocenters. The Morgan fingerprint density at radius 3 is 2.39 bits per heavy atom. The van der Waals surface area contributed by atoms with E-state index in [1.54, 1.807) is 0 Å². The molecule has 5 nitrogen and oxygen atoms in total. The molecule has 0 bridgehead atoms. The van der Waals surface area contributed by atoms with E-state index in [4.69, 9.17) is 16.3 Å². The molecule has 1 N–H and O–H groups in total. The van der Waals surface area contributed by atoms with Gasteiger partial charge in [0.15, 0.2) is 0 Å². The van der Waals surface area contributed by atoms with Gasteiger partial charge in [-0.15, -0.1) is 11.6 Å². The molecular weight excluding hydrogens is 276 g/mol. The predicted octanol–water partition coefficient (Wildman–Crippen LogP) is 0.951. The van der Waals surface area contributed by atoms with E-state index in [-0.39, 0.29) is 5.38 Å². The van der Waals surface area contributed by atoms with E-state index < -0.39 is 10.2 Å². The third-order valence-corrected chi connectivity index (χ3v) is 5.65. The Bertz CT molecular complexity index is 349. The third kappa shape index (κ3) is 4.06. The molecule has 0 aromatic rings. The highest BCUT2D eigenvalue weighted by Gasteiger charge is 2.26. The highest BCUT2D eigenvalue weighted by Crippen LogP contribution is 2.27. The van der Waals surface area contributed by atoms with Crippen LogP contribution in [0.2, 0.25) is 0 Å². The van der Waals surface area contributed by atoms with Crippen molar-refractivity contribution >= 4 is 21.8 Å². The van der Waals surface area contributed by atoms with Gasteiger partial charge in [0.1, 0.15) is 0 Å². The van der Waals surface area contributed by atoms with Crippen LogP contribution in [0.15, 0.2) is 0 Å². The minimum atomic E-state index is -3.33. The lowest BCUT2D eigenvalue weighted by Crippen LogP contribution is -2.47. The number of rotatable bonds is 4. The lowest BCUT2D eigenvalue weighted by atomic mass is 9.89. The minimum absolute atomic E-state index is 0.275. The van der Waals surface area contributed by atoms with Crippen molar-refractivity contribution < 1.29 is 13.2 Å². The molecule has 0 amide bonds. The SMILES string of the molecule is O=S(=O)(NCC1CCC(Cl)CC1)N1CCOCC1. The van der Waals surface area contributed by atoms with Gasteiger partial charge in [0, 0.05) is 25.0 Å². The molecular formula is C11H21ClN2O3S. The van der Waals surface area contributed by atoms with E-state index in [0.717, 1.165) is 25.7 Å². The van der Waals surface area contributed by atoms with Crippen LogP contribution in [0.4, 0.5) is 0 Å². The second-order valence-corrected chi connectivity index (χ2v) is 7.36. The summed E-state index contributed by atoms with van der Waals surface area (Å²) in [4.78, 5) is 0. The van der Waals surface area contributed by atoms with Crippen LogP contribution in [-0.2, 0) is 14.9 Å². The molecule has 2 rings (SSSR count). The normalized spacial score (nSPS) is 31.4. The van der Waals surface area contributed by atoms with E-state index in [0.29, 0.717) is 38.8 Å². The summed E-state index contributed by atoms with van der Waals surface area (Å²) in [5.41, 5.74) is 0. The summed E-state index contributed by atoms with van der Waals surface area (Å²) >= 11 is 6.03. The summed E-state index contributed by atoms with van der Waals surface area (Å²) in [6, 6.07) is 0. The highest BCUT2D eigenvalue weighted by atomic mass is 35.5. The molecule has 1 heterocycles. The van der Waals surface area contributed by atoms with Crippen LogP contribution >= 0.6 is 11.6 Å². The van der Waals surface area contributed by atoms with Crippen LogP contribution in [0, 0.1) is 5.92 Å². The van der Waals surface area contributed by atoms with Crippen molar-refractivity contribution in [1.82, 2.24) is 9.03 Å². The van der Waals surface area contributed by atoms with Crippen LogP contribution in [0.25, 0.3) is 0 Å². The van der Waals surface area contributed by atoms with Gasteiger partial charge in [0.2, 0.25) is 0 Å². The molecule has 1 aliphatic carbocycles. The van der Waals surface area contributed by atoms with E-state index >= 15 is 0 Å². The van der Waals surface area contributed by atoms with Gasteiger partial charge in [0.05, 0.1) is 13.2 Å². The van der Waals surface area contributed by atoms with Crippen molar-refractivity contribution in [2.75, 3.05) is 32.8 Å². The van der Waals surface area contributed by atoms with Crippen molar-refractivity contribution in [3.63, 3.8) is 0 Å². The Morgan fingerprint density at radius 1 is 1.17 bits per heavy atom. The maximum Gasteiger partial charge on any atom is 0.279 e. The Kier molecular flexibility index (Phi) is 5.26. The summed E-state index contributed by atoms with van der Waals surface area (Å²) in [6.07, 6.45) is 4.01. The molecule has 1 saturated carbocycles. The minimum Gasteiger partial charge on any atom is -0.379 e. The van der Waals surface area contributed by atoms with Gasteiger partial charge in [-0.1, -0.05) is 0 Å². The van der Waals surface area contributed by atoms with Gasteiger partial charge >= 0.3 is 0 Å². The quantitative estimate of drug-likeness (QED) is 0.786. The fraction of sp³-hybridized carbons (Fsp3) is 1.00. The van der Waals surface area contributed by atoms with Gasteiger partial charge in [-0.2, -0.15) is 12.7 Å². The fourth-order valence-electron chi connectivity index (χ4n) is 2.43. The maximum atomic E-state index is 12.0. The molecule has 0 aromatic carbocycles. The summed E-state index contributed by atoms with van der Waals surface area (Å²) in [7, 11) is -3.33. The van der Waals surface area contributed by atoms with Crippen LogP contribution in [-0.4, -0.2) is 50.9 Å². The topological polar surface area (TPSA) is 58.6 Å². The molecule has 1 aliphatic heterocycles. The number of ether oxygens (including phenoxy) is 1. The van der Waals surface area contributed by atoms with Gasteiger partial charge in [-0.3, -0.25) is 0 Å². The van der Waals surface area contributed by atoms with Gasteiger partial charge in [0.25, 0.3) is 10.2 Å². The number of halogens is 1. The van der Waals surface area contributed by atoms with Gasteiger partial charge in [-0.05, 0) is 31.6 Å². The number of morpholine rings is 1. The molecule has 106 valence electrons. The predicted molar refractivity (Wildman–Crippen MR) is 70.9 cm³/mol. The second-order valence-electron chi connectivity index (χ2n) is 4.98. The molecule has 2 aliphatic rings. The van der Waals surface area contributed by atoms with Crippen LogP contribution in [0.5, 0.6) is 0 Å². The summed E-state index contributed by atoms with van der Waals surface area (Å²) < 4.78 is 33.4. The first-order valence-electron chi connectivity index (χ1n) is 6.54. The lowest BCUT2D eigenvalue weighted by Gasteiger charge is -2.29. The third-order valence-electron chi connectivity index (χ3n) is 3.64. The average Bonchev–Trinajstić information content (AvgIpc) is 2.39. The van der Waals surface area contributed by atoms with Gasteiger partial charge in [-0.25, -0.2) is 4.72 Å². The average molecular weight is 297 g/mol. The molecule has 0 atom stereocenters. The molecule has 2 fully saturated rings. The zero-order valence-electron chi connectivity index (χ0n) is 10.5. The van der Waals surface area contributed by atoms with Crippen molar-refractivity contribution in [2.24, 2.45) is 5.92 Å². The number of alkyl halides is 1. The smallest absolute Gasteiger partial charge is 0.279 e. The Morgan fingerprint density at radius 2 is 1.78 bits per heavy atom. The van der Waals surface area contributed by atoms with E-state index in [1.165, 1.54) is 4.31 Å². The number of nitrogens with zero attached hydrogens (tertiary/aromatic N) is 1. The second kappa shape index (κ2) is 6.52. The number of hydrogen-bond donors (Lipinski definition) is 1. The van der Waals surface area contributed by atoms with Crippen LogP contribution in [0.1, 0.15) is 25.7 Å². The van der Waals surface area contributed by atoms with Crippen molar-refractivity contribution in [3.8, 4) is 0 Å². The zero-order valence-corrected chi connectivity index (χ0v) is 12.0. The van der Waals surface area contributed by atoms with Crippen molar-refractivity contribution in [1.29, 1.82) is 0 Å². The summed E-state index contributed by atoms with van der Waals surface area (Å²) in [5.74, 6) is 0.427. The zero-order chi connectivity index (χ0) is 13.0. The Hall–Kier alpha value is 0.120. The van der Waals surface area contributed by atoms with E-state index in [2.05, 4.69) is 4.72 Å². The largest absolute Gasteiger partial charge is 0.379 e. The van der Waals surface area contributed by atoms with E-state index in [9.17, 15) is 8.42 Å². The van der Waals surface area contributed by atoms with Crippen LogP contribution < -0.4 is 4.72 Å². The van der Waals surface area contributed by atoms with Gasteiger partial charge < -0.3 is 4.74 Å². The highest BCUT2D eigenvalue weighted by molar-refractivity contribution is 7.87. The lowest BCUT2D eigenvalue weighted by molar-refractivity contribution is 0.0724. The number of hydrogen-bond acceptors (Lipinski definition) is 3. The number of nitrogens with one attached hydrogen (secondary N) is 1. The Labute approximate surface area is 114 Å². The van der Waals surface area contributed by atoms with Crippen molar-refractivity contribution in [3.05, 3.63) is 0 Å².